The zero-order valence-corrected chi connectivity index (χ0v) is 18.5. The minimum Gasteiger partial charge on any atom is -0.497 e. The van der Waals surface area contributed by atoms with Crippen molar-refractivity contribution in [2.24, 2.45) is 5.73 Å². The number of ether oxygens (including phenoxy) is 4. The number of nitrogens with zero attached hydrogens (tertiary/aromatic N) is 1. The Labute approximate surface area is 187 Å². The number of carbonyl (C=O) groups excluding carboxylic acids is 2. The molecule has 8 heteroatoms. The molecule has 2 aromatic rings. The Bertz CT molecular complexity index is 1000. The third-order valence-corrected chi connectivity index (χ3v) is 5.31. The Balaban J connectivity index is 1.77. The Hall–Kier alpha value is -3.68. The van der Waals surface area contributed by atoms with Crippen LogP contribution in [0.25, 0.3) is 6.08 Å². The molecule has 3 rings (SSSR count). The highest BCUT2D eigenvalue weighted by Gasteiger charge is 2.31. The first-order chi connectivity index (χ1) is 15.5. The molecule has 1 atom stereocenters. The lowest BCUT2D eigenvalue weighted by Crippen LogP contribution is -2.29. The van der Waals surface area contributed by atoms with Gasteiger partial charge >= 0.3 is 0 Å². The second kappa shape index (κ2) is 10.6. The molecule has 1 unspecified atom stereocenters. The van der Waals surface area contributed by atoms with Crippen LogP contribution in [0.15, 0.2) is 42.5 Å². The van der Waals surface area contributed by atoms with Gasteiger partial charge in [0.2, 0.25) is 5.91 Å². The molecule has 0 aromatic heterocycles. The number of primary amides is 1. The number of methoxy groups -OCH3 is 3. The minimum atomic E-state index is -0.575. The van der Waals surface area contributed by atoms with Crippen molar-refractivity contribution in [3.8, 4) is 23.0 Å². The van der Waals surface area contributed by atoms with Crippen LogP contribution in [0, 0.1) is 0 Å². The van der Waals surface area contributed by atoms with Crippen molar-refractivity contribution in [3.63, 3.8) is 0 Å². The summed E-state index contributed by atoms with van der Waals surface area (Å²) in [6.07, 6.45) is 5.03. The van der Waals surface area contributed by atoms with Crippen molar-refractivity contribution in [1.82, 2.24) is 4.90 Å². The summed E-state index contributed by atoms with van der Waals surface area (Å²) in [5, 5.41) is 0. The molecule has 1 saturated heterocycles. The van der Waals surface area contributed by atoms with Crippen LogP contribution in [-0.2, 0) is 9.59 Å². The molecular formula is C24H28N2O6. The van der Waals surface area contributed by atoms with Crippen LogP contribution in [0.4, 0.5) is 0 Å². The number of hydrogen-bond donors (Lipinski definition) is 1. The van der Waals surface area contributed by atoms with Gasteiger partial charge in [-0.05, 0) is 54.8 Å². The molecule has 0 aliphatic carbocycles. The molecule has 170 valence electrons. The van der Waals surface area contributed by atoms with Crippen molar-refractivity contribution < 1.29 is 28.5 Å². The van der Waals surface area contributed by atoms with Crippen LogP contribution >= 0.6 is 0 Å². The molecule has 1 aliphatic rings. The van der Waals surface area contributed by atoms with Gasteiger partial charge in [0.25, 0.3) is 5.91 Å². The van der Waals surface area contributed by atoms with E-state index >= 15 is 0 Å². The molecule has 2 amide bonds. The quantitative estimate of drug-likeness (QED) is 0.602. The third kappa shape index (κ3) is 5.32. The lowest BCUT2D eigenvalue weighted by molar-refractivity contribution is -0.126. The molecule has 0 saturated carbocycles. The maximum atomic E-state index is 13.0. The van der Waals surface area contributed by atoms with Crippen molar-refractivity contribution in [2.75, 3.05) is 34.5 Å². The summed E-state index contributed by atoms with van der Waals surface area (Å²) < 4.78 is 21.5. The molecular weight excluding hydrogens is 412 g/mol. The highest BCUT2D eigenvalue weighted by Crippen LogP contribution is 2.39. The van der Waals surface area contributed by atoms with Gasteiger partial charge in [0.15, 0.2) is 18.1 Å². The van der Waals surface area contributed by atoms with E-state index in [-0.39, 0.29) is 18.6 Å². The van der Waals surface area contributed by atoms with E-state index in [1.54, 1.807) is 44.6 Å². The molecule has 2 N–H and O–H groups in total. The average molecular weight is 440 g/mol. The SMILES string of the molecule is COc1ccc(OC)c(C2CCCN2C(=O)/C=C/c2ccc(OCC(N)=O)c(OC)c2)c1. The summed E-state index contributed by atoms with van der Waals surface area (Å²) in [4.78, 5) is 25.8. The van der Waals surface area contributed by atoms with Crippen LogP contribution in [0.5, 0.6) is 23.0 Å². The molecule has 1 heterocycles. The van der Waals surface area contributed by atoms with Crippen molar-refractivity contribution in [3.05, 3.63) is 53.6 Å². The summed E-state index contributed by atoms with van der Waals surface area (Å²) in [6.45, 7) is 0.422. The van der Waals surface area contributed by atoms with Gasteiger partial charge in [-0.3, -0.25) is 9.59 Å². The summed E-state index contributed by atoms with van der Waals surface area (Å²) in [6, 6.07) is 10.7. The minimum absolute atomic E-state index is 0.0867. The summed E-state index contributed by atoms with van der Waals surface area (Å²) in [5.41, 5.74) is 6.81. The van der Waals surface area contributed by atoms with Gasteiger partial charge in [-0.2, -0.15) is 0 Å². The summed E-state index contributed by atoms with van der Waals surface area (Å²) in [7, 11) is 4.74. The fourth-order valence-corrected chi connectivity index (χ4v) is 3.77. The Morgan fingerprint density at radius 1 is 1.03 bits per heavy atom. The number of nitrogens with two attached hydrogens (primary N) is 1. The van der Waals surface area contributed by atoms with Gasteiger partial charge in [-0.15, -0.1) is 0 Å². The van der Waals surface area contributed by atoms with Gasteiger partial charge in [0.1, 0.15) is 11.5 Å². The third-order valence-electron chi connectivity index (χ3n) is 5.31. The molecule has 8 nitrogen and oxygen atoms in total. The van der Waals surface area contributed by atoms with E-state index in [1.807, 2.05) is 23.1 Å². The maximum absolute atomic E-state index is 13.0. The smallest absolute Gasteiger partial charge is 0.255 e. The van der Waals surface area contributed by atoms with Crippen molar-refractivity contribution in [2.45, 2.75) is 18.9 Å². The number of benzene rings is 2. The van der Waals surface area contributed by atoms with E-state index in [2.05, 4.69) is 0 Å². The van der Waals surface area contributed by atoms with E-state index in [9.17, 15) is 9.59 Å². The van der Waals surface area contributed by atoms with E-state index in [0.29, 0.717) is 18.0 Å². The molecule has 2 aromatic carbocycles. The predicted molar refractivity (Wildman–Crippen MR) is 120 cm³/mol. The van der Waals surface area contributed by atoms with Crippen molar-refractivity contribution in [1.29, 1.82) is 0 Å². The van der Waals surface area contributed by atoms with E-state index in [1.165, 1.54) is 7.11 Å². The summed E-state index contributed by atoms with van der Waals surface area (Å²) in [5.74, 6) is 1.64. The van der Waals surface area contributed by atoms with Gasteiger partial charge < -0.3 is 29.6 Å². The lowest BCUT2D eigenvalue weighted by atomic mass is 10.0. The first-order valence-electron chi connectivity index (χ1n) is 10.3. The highest BCUT2D eigenvalue weighted by molar-refractivity contribution is 5.92. The van der Waals surface area contributed by atoms with E-state index in [4.69, 9.17) is 24.7 Å². The molecule has 1 aliphatic heterocycles. The Kier molecular flexibility index (Phi) is 7.59. The largest absolute Gasteiger partial charge is 0.497 e. The van der Waals surface area contributed by atoms with E-state index < -0.39 is 5.91 Å². The number of rotatable bonds is 9. The number of hydrogen-bond acceptors (Lipinski definition) is 6. The standard InChI is InChI=1S/C24H28N2O6/c1-29-17-8-10-20(30-2)18(14-17)19-5-4-12-26(19)24(28)11-7-16-6-9-21(22(13-16)31-3)32-15-23(25)27/h6-11,13-14,19H,4-5,12,15H2,1-3H3,(H2,25,27)/b11-7+. The van der Waals surface area contributed by atoms with Crippen LogP contribution in [-0.4, -0.2) is 51.2 Å². The molecule has 0 bridgehead atoms. The van der Waals surface area contributed by atoms with Crippen LogP contribution in [0.1, 0.15) is 30.0 Å². The highest BCUT2D eigenvalue weighted by atomic mass is 16.5. The average Bonchev–Trinajstić information content (AvgIpc) is 3.30. The monoisotopic (exact) mass is 440 g/mol. The Morgan fingerprint density at radius 3 is 2.47 bits per heavy atom. The normalized spacial score (nSPS) is 15.6. The number of carbonyl (C=O) groups is 2. The predicted octanol–water partition coefficient (Wildman–Crippen LogP) is 2.95. The zero-order valence-electron chi connectivity index (χ0n) is 18.5. The zero-order chi connectivity index (χ0) is 23.1. The number of amides is 2. The van der Waals surface area contributed by atoms with Crippen LogP contribution in [0.3, 0.4) is 0 Å². The van der Waals surface area contributed by atoms with Gasteiger partial charge in [-0.25, -0.2) is 0 Å². The summed E-state index contributed by atoms with van der Waals surface area (Å²) >= 11 is 0. The fourth-order valence-electron chi connectivity index (χ4n) is 3.77. The van der Waals surface area contributed by atoms with Gasteiger partial charge in [-0.1, -0.05) is 6.07 Å². The maximum Gasteiger partial charge on any atom is 0.255 e. The van der Waals surface area contributed by atoms with Crippen LogP contribution in [0.2, 0.25) is 0 Å². The van der Waals surface area contributed by atoms with Gasteiger partial charge in [0.05, 0.1) is 27.4 Å². The molecule has 0 spiro atoms. The van der Waals surface area contributed by atoms with Crippen molar-refractivity contribution >= 4 is 17.9 Å². The van der Waals surface area contributed by atoms with E-state index in [0.717, 1.165) is 35.5 Å². The molecule has 1 fully saturated rings. The fraction of sp³-hybridized carbons (Fsp3) is 0.333. The second-order valence-corrected chi connectivity index (χ2v) is 7.30. The Morgan fingerprint density at radius 2 is 1.78 bits per heavy atom. The lowest BCUT2D eigenvalue weighted by Gasteiger charge is -2.25. The second-order valence-electron chi connectivity index (χ2n) is 7.30. The first kappa shape index (κ1) is 23.0. The topological polar surface area (TPSA) is 100 Å². The molecule has 0 radical (unpaired) electrons. The first-order valence-corrected chi connectivity index (χ1v) is 10.3. The van der Waals surface area contributed by atoms with Gasteiger partial charge in [0, 0.05) is 18.2 Å². The molecule has 32 heavy (non-hydrogen) atoms. The number of likely N-dealkylation sites (tertiary alicyclic amines) is 1. The van der Waals surface area contributed by atoms with Crippen LogP contribution < -0.4 is 24.7 Å².